The van der Waals surface area contributed by atoms with Gasteiger partial charge in [0.05, 0.1) is 19.8 Å². The second-order valence-electron chi connectivity index (χ2n) is 4.97. The van der Waals surface area contributed by atoms with Crippen LogP contribution in [-0.4, -0.2) is 19.3 Å². The van der Waals surface area contributed by atoms with E-state index in [9.17, 15) is 0 Å². The van der Waals surface area contributed by atoms with Crippen molar-refractivity contribution in [2.45, 2.75) is 19.0 Å². The van der Waals surface area contributed by atoms with Gasteiger partial charge in [-0.3, -0.25) is 0 Å². The summed E-state index contributed by atoms with van der Waals surface area (Å²) in [6, 6.07) is 18.1. The van der Waals surface area contributed by atoms with E-state index in [1.54, 1.807) is 0 Å². The van der Waals surface area contributed by atoms with E-state index < -0.39 is 0 Å². The first kappa shape index (κ1) is 14.7. The molecule has 0 saturated carbocycles. The molecule has 2 aromatic rings. The summed E-state index contributed by atoms with van der Waals surface area (Å²) >= 11 is 3.46. The predicted octanol–water partition coefficient (Wildman–Crippen LogP) is 4.08. The third-order valence-corrected chi connectivity index (χ3v) is 3.81. The van der Waals surface area contributed by atoms with Crippen LogP contribution in [0.3, 0.4) is 0 Å². The van der Waals surface area contributed by atoms with Crippen molar-refractivity contribution < 1.29 is 14.2 Å². The third kappa shape index (κ3) is 4.14. The van der Waals surface area contributed by atoms with Gasteiger partial charge in [0.2, 0.25) is 0 Å². The van der Waals surface area contributed by atoms with Crippen molar-refractivity contribution >= 4 is 15.9 Å². The highest BCUT2D eigenvalue weighted by atomic mass is 79.9. The van der Waals surface area contributed by atoms with Crippen LogP contribution in [0.1, 0.15) is 17.4 Å². The fourth-order valence-corrected chi connectivity index (χ4v) is 2.63. The van der Waals surface area contributed by atoms with Crippen LogP contribution in [0.15, 0.2) is 59.1 Å². The molecule has 1 aliphatic heterocycles. The summed E-state index contributed by atoms with van der Waals surface area (Å²) in [6.45, 7) is 1.67. The summed E-state index contributed by atoms with van der Waals surface area (Å²) in [7, 11) is 0. The maximum atomic E-state index is 5.82. The molecule has 21 heavy (non-hydrogen) atoms. The Balaban J connectivity index is 1.49. The smallest absolute Gasteiger partial charge is 0.184 e. The van der Waals surface area contributed by atoms with Gasteiger partial charge in [-0.25, -0.2) is 0 Å². The van der Waals surface area contributed by atoms with Gasteiger partial charge in [-0.15, -0.1) is 0 Å². The number of hydrogen-bond acceptors (Lipinski definition) is 3. The highest BCUT2D eigenvalue weighted by Crippen LogP contribution is 2.26. The molecule has 0 spiro atoms. The highest BCUT2D eigenvalue weighted by Gasteiger charge is 2.24. The Morgan fingerprint density at radius 3 is 2.48 bits per heavy atom. The van der Waals surface area contributed by atoms with Crippen molar-refractivity contribution in [3.63, 3.8) is 0 Å². The fourth-order valence-electron chi connectivity index (χ4n) is 2.22. The van der Waals surface area contributed by atoms with E-state index in [0.717, 1.165) is 15.6 Å². The normalized spacial score (nSPS) is 22.1. The van der Waals surface area contributed by atoms with Gasteiger partial charge in [-0.1, -0.05) is 58.4 Å². The number of benzene rings is 2. The van der Waals surface area contributed by atoms with Crippen LogP contribution >= 0.6 is 15.9 Å². The van der Waals surface area contributed by atoms with Crippen LogP contribution in [0, 0.1) is 0 Å². The van der Waals surface area contributed by atoms with Gasteiger partial charge < -0.3 is 14.2 Å². The molecule has 0 unspecified atom stereocenters. The zero-order valence-corrected chi connectivity index (χ0v) is 13.2. The minimum Gasteiger partial charge on any atom is -0.369 e. The van der Waals surface area contributed by atoms with Crippen LogP contribution in [0.25, 0.3) is 0 Å². The quantitative estimate of drug-likeness (QED) is 0.833. The van der Waals surface area contributed by atoms with Crippen LogP contribution in [0.2, 0.25) is 0 Å². The van der Waals surface area contributed by atoms with E-state index in [0.29, 0.717) is 19.8 Å². The van der Waals surface area contributed by atoms with Crippen molar-refractivity contribution in [3.05, 3.63) is 70.2 Å². The molecule has 0 aromatic heterocycles. The summed E-state index contributed by atoms with van der Waals surface area (Å²) in [5.74, 6) is 0. The molecule has 0 atom stereocenters. The SMILES string of the molecule is Brc1cccc(C2OCC(OCc3ccccc3)CO2)c1. The largest absolute Gasteiger partial charge is 0.369 e. The molecule has 0 N–H and O–H groups in total. The van der Waals surface area contributed by atoms with Crippen molar-refractivity contribution in [3.8, 4) is 0 Å². The molecule has 3 nitrogen and oxygen atoms in total. The molecule has 1 fully saturated rings. The second-order valence-corrected chi connectivity index (χ2v) is 5.89. The van der Waals surface area contributed by atoms with Crippen LogP contribution in [-0.2, 0) is 20.8 Å². The van der Waals surface area contributed by atoms with Crippen molar-refractivity contribution in [2.24, 2.45) is 0 Å². The lowest BCUT2D eigenvalue weighted by atomic mass is 10.2. The Bertz CT molecular complexity index is 565. The molecule has 3 rings (SSSR count). The van der Waals surface area contributed by atoms with Gasteiger partial charge in [0.25, 0.3) is 0 Å². The Hall–Kier alpha value is -1.20. The van der Waals surface area contributed by atoms with Crippen LogP contribution < -0.4 is 0 Å². The first-order valence-corrected chi connectivity index (χ1v) is 7.75. The predicted molar refractivity (Wildman–Crippen MR) is 83.8 cm³/mol. The summed E-state index contributed by atoms with van der Waals surface area (Å²) in [5, 5.41) is 0. The van der Waals surface area contributed by atoms with Crippen molar-refractivity contribution in [1.82, 2.24) is 0 Å². The van der Waals surface area contributed by atoms with Gasteiger partial charge in [0.15, 0.2) is 6.29 Å². The average Bonchev–Trinajstić information content (AvgIpc) is 2.54. The van der Waals surface area contributed by atoms with Gasteiger partial charge in [-0.2, -0.15) is 0 Å². The summed E-state index contributed by atoms with van der Waals surface area (Å²) in [6.07, 6.45) is -0.326. The molecular formula is C17H17BrO3. The maximum absolute atomic E-state index is 5.82. The third-order valence-electron chi connectivity index (χ3n) is 3.32. The van der Waals surface area contributed by atoms with Gasteiger partial charge in [0.1, 0.15) is 6.10 Å². The maximum Gasteiger partial charge on any atom is 0.184 e. The van der Waals surface area contributed by atoms with Gasteiger partial charge >= 0.3 is 0 Å². The monoisotopic (exact) mass is 348 g/mol. The molecule has 0 amide bonds. The standard InChI is InChI=1S/C17H17BrO3/c18-15-8-4-7-14(9-15)17-20-11-16(12-21-17)19-10-13-5-2-1-3-6-13/h1-9,16-17H,10-12H2. The molecule has 1 heterocycles. The lowest BCUT2D eigenvalue weighted by Gasteiger charge is -2.29. The number of rotatable bonds is 4. The van der Waals surface area contributed by atoms with Crippen molar-refractivity contribution in [1.29, 1.82) is 0 Å². The number of ether oxygens (including phenoxy) is 3. The molecule has 4 heteroatoms. The van der Waals surface area contributed by atoms with E-state index in [1.165, 1.54) is 0 Å². The zero-order chi connectivity index (χ0) is 14.5. The Morgan fingerprint density at radius 2 is 1.76 bits per heavy atom. The molecule has 2 aromatic carbocycles. The molecule has 1 aliphatic rings. The summed E-state index contributed by atoms with van der Waals surface area (Å²) < 4.78 is 18.3. The first-order chi connectivity index (χ1) is 10.3. The van der Waals surface area contributed by atoms with Gasteiger partial charge in [-0.05, 0) is 17.7 Å². The highest BCUT2D eigenvalue weighted by molar-refractivity contribution is 9.10. The van der Waals surface area contributed by atoms with E-state index in [2.05, 4.69) is 28.1 Å². The minimum absolute atomic E-state index is 0.0198. The Kier molecular flexibility index (Phi) is 5.04. The van der Waals surface area contributed by atoms with E-state index >= 15 is 0 Å². The molecule has 110 valence electrons. The zero-order valence-electron chi connectivity index (χ0n) is 11.6. The summed E-state index contributed by atoms with van der Waals surface area (Å²) in [5.41, 5.74) is 2.18. The van der Waals surface area contributed by atoms with Crippen molar-refractivity contribution in [2.75, 3.05) is 13.2 Å². The van der Waals surface area contributed by atoms with Crippen LogP contribution in [0.4, 0.5) is 0 Å². The van der Waals surface area contributed by atoms with Gasteiger partial charge in [0, 0.05) is 10.0 Å². The topological polar surface area (TPSA) is 27.7 Å². The average molecular weight is 349 g/mol. The second kappa shape index (κ2) is 7.18. The Morgan fingerprint density at radius 1 is 1.00 bits per heavy atom. The van der Waals surface area contributed by atoms with E-state index in [4.69, 9.17) is 14.2 Å². The molecule has 0 aliphatic carbocycles. The first-order valence-electron chi connectivity index (χ1n) is 6.95. The molecular weight excluding hydrogens is 332 g/mol. The number of hydrogen-bond donors (Lipinski definition) is 0. The lowest BCUT2D eigenvalue weighted by Crippen LogP contribution is -2.33. The minimum atomic E-state index is -0.306. The van der Waals surface area contributed by atoms with E-state index in [-0.39, 0.29) is 12.4 Å². The molecule has 1 saturated heterocycles. The van der Waals surface area contributed by atoms with E-state index in [1.807, 2.05) is 42.5 Å². The molecule has 0 bridgehead atoms. The van der Waals surface area contributed by atoms with Crippen LogP contribution in [0.5, 0.6) is 0 Å². The fraction of sp³-hybridized carbons (Fsp3) is 0.294. The Labute approximate surface area is 133 Å². The lowest BCUT2D eigenvalue weighted by molar-refractivity contribution is -0.232. The summed E-state index contributed by atoms with van der Waals surface area (Å²) in [4.78, 5) is 0. The number of halogens is 1. The molecule has 0 radical (unpaired) electrons.